The Hall–Kier alpha value is -2.69. The standard InChI is InChI=1S/C17H18N2O3/c1-12(19-10-6-7-14(11-19)13(2)20)17(21)18-15-8-4-5-9-16(15)22-3/h4-12H,1-3H3/p+1/t12-/m1/s1. The highest BCUT2D eigenvalue weighted by molar-refractivity contribution is 5.94. The number of rotatable bonds is 5. The lowest BCUT2D eigenvalue weighted by molar-refractivity contribution is -0.705. The zero-order valence-corrected chi connectivity index (χ0v) is 12.9. The van der Waals surface area contributed by atoms with E-state index in [-0.39, 0.29) is 11.7 Å². The van der Waals surface area contributed by atoms with Crippen LogP contribution >= 0.6 is 0 Å². The van der Waals surface area contributed by atoms with Gasteiger partial charge in [0.1, 0.15) is 5.75 Å². The first-order valence-corrected chi connectivity index (χ1v) is 6.98. The number of Topliss-reactive ketones (excluding diaryl/α,β-unsaturated/α-hetero) is 1. The van der Waals surface area contributed by atoms with Crippen LogP contribution in [0.4, 0.5) is 5.69 Å². The Balaban J connectivity index is 2.19. The third-order valence-corrected chi connectivity index (χ3v) is 3.42. The van der Waals surface area contributed by atoms with Crippen molar-refractivity contribution in [3.8, 4) is 5.75 Å². The SMILES string of the molecule is COc1ccccc1NC(=O)[C@@H](C)[n+]1cccc(C(C)=O)c1. The molecule has 0 radical (unpaired) electrons. The van der Waals surface area contributed by atoms with E-state index < -0.39 is 6.04 Å². The van der Waals surface area contributed by atoms with E-state index in [0.29, 0.717) is 17.0 Å². The lowest BCUT2D eigenvalue weighted by Crippen LogP contribution is -2.44. The second-order valence-electron chi connectivity index (χ2n) is 4.96. The monoisotopic (exact) mass is 299 g/mol. The molecule has 5 heteroatoms. The van der Waals surface area contributed by atoms with Crippen molar-refractivity contribution in [1.82, 2.24) is 0 Å². The van der Waals surface area contributed by atoms with Gasteiger partial charge in [0.25, 0.3) is 5.91 Å². The van der Waals surface area contributed by atoms with Crippen molar-refractivity contribution in [2.24, 2.45) is 0 Å². The van der Waals surface area contributed by atoms with E-state index in [4.69, 9.17) is 4.74 Å². The number of ether oxygens (including phenoxy) is 1. The molecule has 0 aliphatic carbocycles. The first-order chi connectivity index (χ1) is 10.5. The number of pyridine rings is 1. The van der Waals surface area contributed by atoms with Crippen LogP contribution in [0.15, 0.2) is 48.8 Å². The molecule has 0 spiro atoms. The Morgan fingerprint density at radius 2 is 1.91 bits per heavy atom. The molecule has 0 aliphatic heterocycles. The number of nitrogens with zero attached hydrogens (tertiary/aromatic N) is 1. The maximum Gasteiger partial charge on any atom is 0.293 e. The highest BCUT2D eigenvalue weighted by atomic mass is 16.5. The molecular weight excluding hydrogens is 280 g/mol. The summed E-state index contributed by atoms with van der Waals surface area (Å²) in [5.74, 6) is 0.382. The van der Waals surface area contributed by atoms with Crippen LogP contribution in [0.25, 0.3) is 0 Å². The summed E-state index contributed by atoms with van der Waals surface area (Å²) in [4.78, 5) is 23.8. The van der Waals surface area contributed by atoms with Crippen LogP contribution in [0.5, 0.6) is 5.75 Å². The maximum absolute atomic E-state index is 12.4. The smallest absolute Gasteiger partial charge is 0.293 e. The minimum atomic E-state index is -0.454. The van der Waals surface area contributed by atoms with E-state index in [2.05, 4.69) is 5.32 Å². The largest absolute Gasteiger partial charge is 0.495 e. The number of para-hydroxylation sites is 2. The molecule has 2 rings (SSSR count). The van der Waals surface area contributed by atoms with E-state index >= 15 is 0 Å². The Kier molecular flexibility index (Phi) is 4.88. The molecule has 0 bridgehead atoms. The van der Waals surface area contributed by atoms with Crippen molar-refractivity contribution in [1.29, 1.82) is 0 Å². The number of hydrogen-bond acceptors (Lipinski definition) is 3. The average molecular weight is 299 g/mol. The van der Waals surface area contributed by atoms with Gasteiger partial charge in [-0.3, -0.25) is 9.59 Å². The highest BCUT2D eigenvalue weighted by Gasteiger charge is 2.23. The van der Waals surface area contributed by atoms with Gasteiger partial charge in [-0.15, -0.1) is 0 Å². The Bertz CT molecular complexity index is 698. The van der Waals surface area contributed by atoms with Crippen LogP contribution in [0.2, 0.25) is 0 Å². The van der Waals surface area contributed by atoms with Crippen LogP contribution in [-0.4, -0.2) is 18.8 Å². The fraction of sp³-hybridized carbons (Fsp3) is 0.235. The van der Waals surface area contributed by atoms with Gasteiger partial charge in [0.05, 0.1) is 18.4 Å². The molecule has 1 aromatic heterocycles. The van der Waals surface area contributed by atoms with E-state index in [1.54, 1.807) is 55.3 Å². The molecule has 0 unspecified atom stereocenters. The van der Waals surface area contributed by atoms with Crippen molar-refractivity contribution in [2.75, 3.05) is 12.4 Å². The number of ketones is 1. The van der Waals surface area contributed by atoms with Gasteiger partial charge < -0.3 is 10.1 Å². The number of aromatic nitrogens is 1. The van der Waals surface area contributed by atoms with Crippen molar-refractivity contribution >= 4 is 17.4 Å². The number of methoxy groups -OCH3 is 1. The first kappa shape index (κ1) is 15.7. The number of carbonyl (C=O) groups excluding carboxylic acids is 2. The van der Waals surface area contributed by atoms with Gasteiger partial charge in [0.2, 0.25) is 6.04 Å². The molecule has 0 saturated carbocycles. The summed E-state index contributed by atoms with van der Waals surface area (Å²) < 4.78 is 6.93. The molecular formula is C17H19N2O3+. The van der Waals surface area contributed by atoms with Gasteiger partial charge in [-0.25, -0.2) is 0 Å². The quantitative estimate of drug-likeness (QED) is 0.681. The van der Waals surface area contributed by atoms with Crippen LogP contribution in [0.1, 0.15) is 30.2 Å². The summed E-state index contributed by atoms with van der Waals surface area (Å²) >= 11 is 0. The Morgan fingerprint density at radius 1 is 1.18 bits per heavy atom. The van der Waals surface area contributed by atoms with E-state index in [9.17, 15) is 9.59 Å². The normalized spacial score (nSPS) is 11.6. The van der Waals surface area contributed by atoms with E-state index in [1.165, 1.54) is 6.92 Å². The first-order valence-electron chi connectivity index (χ1n) is 6.98. The fourth-order valence-corrected chi connectivity index (χ4v) is 2.06. The van der Waals surface area contributed by atoms with Gasteiger partial charge >= 0.3 is 0 Å². The topological polar surface area (TPSA) is 59.3 Å². The van der Waals surface area contributed by atoms with Crippen LogP contribution in [0.3, 0.4) is 0 Å². The summed E-state index contributed by atoms with van der Waals surface area (Å²) in [5, 5.41) is 2.84. The summed E-state index contributed by atoms with van der Waals surface area (Å²) in [6.45, 7) is 3.27. The number of nitrogens with one attached hydrogen (secondary N) is 1. The van der Waals surface area contributed by atoms with Gasteiger partial charge in [-0.2, -0.15) is 4.57 Å². The highest BCUT2D eigenvalue weighted by Crippen LogP contribution is 2.23. The molecule has 22 heavy (non-hydrogen) atoms. The third-order valence-electron chi connectivity index (χ3n) is 3.42. The summed E-state index contributed by atoms with van der Waals surface area (Å²) in [7, 11) is 1.56. The summed E-state index contributed by atoms with van der Waals surface area (Å²) in [5.41, 5.74) is 1.18. The lowest BCUT2D eigenvalue weighted by atomic mass is 10.2. The number of amides is 1. The summed E-state index contributed by atoms with van der Waals surface area (Å²) in [6, 6.07) is 10.2. The number of benzene rings is 1. The van der Waals surface area contributed by atoms with E-state index in [0.717, 1.165) is 0 Å². The van der Waals surface area contributed by atoms with Crippen LogP contribution < -0.4 is 14.6 Å². The molecule has 2 aromatic rings. The zero-order chi connectivity index (χ0) is 16.1. The number of anilines is 1. The Morgan fingerprint density at radius 3 is 2.59 bits per heavy atom. The van der Waals surface area contributed by atoms with Gasteiger partial charge in [0.15, 0.2) is 18.2 Å². The van der Waals surface area contributed by atoms with E-state index in [1.807, 2.05) is 12.1 Å². The lowest BCUT2D eigenvalue weighted by Gasteiger charge is -2.11. The molecule has 1 aromatic carbocycles. The van der Waals surface area contributed by atoms with Crippen LogP contribution in [0, 0.1) is 0 Å². The molecule has 114 valence electrons. The van der Waals surface area contributed by atoms with Crippen molar-refractivity contribution in [2.45, 2.75) is 19.9 Å². The third kappa shape index (κ3) is 3.49. The molecule has 0 aliphatic rings. The zero-order valence-electron chi connectivity index (χ0n) is 12.9. The second kappa shape index (κ2) is 6.85. The fourth-order valence-electron chi connectivity index (χ4n) is 2.06. The van der Waals surface area contributed by atoms with Crippen molar-refractivity contribution in [3.63, 3.8) is 0 Å². The van der Waals surface area contributed by atoms with Gasteiger partial charge in [-0.1, -0.05) is 12.1 Å². The molecule has 1 heterocycles. The number of carbonyl (C=O) groups is 2. The Labute approximate surface area is 129 Å². The van der Waals surface area contributed by atoms with Gasteiger partial charge in [0, 0.05) is 13.0 Å². The maximum atomic E-state index is 12.4. The predicted octanol–water partition coefficient (Wildman–Crippen LogP) is 2.39. The number of hydrogen-bond donors (Lipinski definition) is 1. The molecule has 0 saturated heterocycles. The van der Waals surface area contributed by atoms with Crippen molar-refractivity contribution < 1.29 is 18.9 Å². The van der Waals surface area contributed by atoms with Crippen LogP contribution in [-0.2, 0) is 4.79 Å². The molecule has 1 amide bonds. The molecule has 5 nitrogen and oxygen atoms in total. The predicted molar refractivity (Wildman–Crippen MR) is 83.0 cm³/mol. The van der Waals surface area contributed by atoms with Gasteiger partial charge in [-0.05, 0) is 25.1 Å². The molecule has 1 N–H and O–H groups in total. The summed E-state index contributed by atoms with van der Waals surface area (Å²) in [6.07, 6.45) is 3.44. The second-order valence-corrected chi connectivity index (χ2v) is 4.96. The minimum absolute atomic E-state index is 0.0355. The molecule has 0 fully saturated rings. The molecule has 1 atom stereocenters. The average Bonchev–Trinajstić information content (AvgIpc) is 2.54. The minimum Gasteiger partial charge on any atom is -0.495 e. The van der Waals surface area contributed by atoms with Crippen molar-refractivity contribution in [3.05, 3.63) is 54.4 Å².